The molecule has 2 rings (SSSR count). The Kier molecular flexibility index (Phi) is 4.99. The van der Waals surface area contributed by atoms with Crippen molar-refractivity contribution in [3.63, 3.8) is 0 Å². The van der Waals surface area contributed by atoms with Crippen LogP contribution in [0.15, 0.2) is 28.7 Å². The fourth-order valence-electron chi connectivity index (χ4n) is 2.49. The Hall–Kier alpha value is -0.310. The number of hydrogen-bond acceptors (Lipinski definition) is 0. The van der Waals surface area contributed by atoms with E-state index in [0.717, 1.165) is 15.1 Å². The monoisotopic (exact) mass is 414 g/mol. The molecule has 0 fully saturated rings. The van der Waals surface area contributed by atoms with Gasteiger partial charge in [-0.1, -0.05) is 55.6 Å². The minimum atomic E-state index is 0.113. The van der Waals surface area contributed by atoms with Gasteiger partial charge in [-0.15, -0.1) is 0 Å². The predicted molar refractivity (Wildman–Crippen MR) is 95.3 cm³/mol. The Bertz CT molecular complexity index is 636. The summed E-state index contributed by atoms with van der Waals surface area (Å²) in [4.78, 5) is 0.113. The minimum Gasteiger partial charge on any atom is -0.0839 e. The van der Waals surface area contributed by atoms with Crippen LogP contribution in [0.1, 0.15) is 38.2 Å². The molecule has 1 unspecified atom stereocenters. The average molecular weight is 417 g/mol. The predicted octanol–water partition coefficient (Wildman–Crippen LogP) is 6.82. The molecule has 0 N–H and O–H groups in total. The molecular weight excluding hydrogens is 399 g/mol. The Morgan fingerprint density at radius 3 is 2.00 bits per heavy atom. The maximum absolute atomic E-state index is 6.40. The number of benzene rings is 2. The Labute approximate surface area is 142 Å². The standard InChI is InChI=1S/C17H17Br2Cl/c1-9-7-10(2)12(4)16(11(9)3)17(19)14-6-5-13(18)8-15(14)20/h5-8,17H,1-4H3. The van der Waals surface area contributed by atoms with Crippen molar-refractivity contribution in [2.45, 2.75) is 32.5 Å². The van der Waals surface area contributed by atoms with Gasteiger partial charge in [-0.25, -0.2) is 0 Å². The summed E-state index contributed by atoms with van der Waals surface area (Å²) in [5.74, 6) is 0. The van der Waals surface area contributed by atoms with Crippen molar-refractivity contribution in [1.82, 2.24) is 0 Å². The van der Waals surface area contributed by atoms with Crippen LogP contribution in [0.2, 0.25) is 5.02 Å². The van der Waals surface area contributed by atoms with Crippen molar-refractivity contribution < 1.29 is 0 Å². The fraction of sp³-hybridized carbons (Fsp3) is 0.294. The summed E-state index contributed by atoms with van der Waals surface area (Å²) in [5.41, 5.74) is 7.72. The van der Waals surface area contributed by atoms with Gasteiger partial charge in [-0.05, 0) is 73.2 Å². The number of rotatable bonds is 2. The summed E-state index contributed by atoms with van der Waals surface area (Å²) in [6.07, 6.45) is 0. The van der Waals surface area contributed by atoms with Crippen molar-refractivity contribution in [3.8, 4) is 0 Å². The third kappa shape index (κ3) is 2.98. The molecule has 0 aliphatic carbocycles. The zero-order chi connectivity index (χ0) is 15.0. The van der Waals surface area contributed by atoms with E-state index in [9.17, 15) is 0 Å². The molecular formula is C17H17Br2Cl. The van der Waals surface area contributed by atoms with E-state index in [1.807, 2.05) is 12.1 Å². The van der Waals surface area contributed by atoms with E-state index in [1.165, 1.54) is 27.8 Å². The van der Waals surface area contributed by atoms with E-state index >= 15 is 0 Å². The summed E-state index contributed by atoms with van der Waals surface area (Å²) < 4.78 is 1.000. The molecule has 0 heterocycles. The second kappa shape index (κ2) is 6.21. The highest BCUT2D eigenvalue weighted by atomic mass is 79.9. The molecule has 3 heteroatoms. The molecule has 1 atom stereocenters. The first-order valence-corrected chi connectivity index (χ1v) is 8.58. The molecule has 2 aromatic rings. The Morgan fingerprint density at radius 1 is 0.950 bits per heavy atom. The van der Waals surface area contributed by atoms with Gasteiger partial charge in [0, 0.05) is 9.50 Å². The molecule has 106 valence electrons. The third-order valence-corrected chi connectivity index (χ3v) is 5.68. The maximum Gasteiger partial charge on any atom is 0.0664 e. The van der Waals surface area contributed by atoms with E-state index in [-0.39, 0.29) is 4.83 Å². The summed E-state index contributed by atoms with van der Waals surface area (Å²) >= 11 is 13.7. The highest BCUT2D eigenvalue weighted by molar-refractivity contribution is 9.10. The van der Waals surface area contributed by atoms with Gasteiger partial charge in [0.1, 0.15) is 0 Å². The molecule has 0 bridgehead atoms. The van der Waals surface area contributed by atoms with Gasteiger partial charge in [0.15, 0.2) is 0 Å². The molecule has 0 saturated heterocycles. The van der Waals surface area contributed by atoms with Crippen LogP contribution in [0.5, 0.6) is 0 Å². The van der Waals surface area contributed by atoms with Gasteiger partial charge in [-0.2, -0.15) is 0 Å². The molecule has 0 radical (unpaired) electrons. The molecule has 0 aliphatic heterocycles. The third-order valence-electron chi connectivity index (χ3n) is 3.91. The van der Waals surface area contributed by atoms with E-state index in [2.05, 4.69) is 71.7 Å². The van der Waals surface area contributed by atoms with Crippen LogP contribution in [-0.2, 0) is 0 Å². The quantitative estimate of drug-likeness (QED) is 0.471. The van der Waals surface area contributed by atoms with Crippen LogP contribution in [0, 0.1) is 27.7 Å². The zero-order valence-electron chi connectivity index (χ0n) is 12.0. The normalized spacial score (nSPS) is 12.6. The molecule has 0 aliphatic rings. The molecule has 0 aromatic heterocycles. The lowest BCUT2D eigenvalue weighted by Crippen LogP contribution is -2.03. The summed E-state index contributed by atoms with van der Waals surface area (Å²) in [6.45, 7) is 8.68. The van der Waals surface area contributed by atoms with Crippen molar-refractivity contribution >= 4 is 43.5 Å². The van der Waals surface area contributed by atoms with Crippen LogP contribution >= 0.6 is 43.5 Å². The van der Waals surface area contributed by atoms with Crippen LogP contribution in [0.3, 0.4) is 0 Å². The van der Waals surface area contributed by atoms with E-state index in [1.54, 1.807) is 0 Å². The Morgan fingerprint density at radius 2 is 1.50 bits per heavy atom. The second-order valence-corrected chi connectivity index (χ2v) is 7.44. The van der Waals surface area contributed by atoms with E-state index in [4.69, 9.17) is 11.6 Å². The molecule has 0 spiro atoms. The molecule has 20 heavy (non-hydrogen) atoms. The van der Waals surface area contributed by atoms with Crippen LogP contribution in [0.4, 0.5) is 0 Å². The molecule has 0 amide bonds. The SMILES string of the molecule is Cc1cc(C)c(C)c(C(Br)c2ccc(Br)cc2Cl)c1C. The van der Waals surface area contributed by atoms with Crippen LogP contribution in [0.25, 0.3) is 0 Å². The van der Waals surface area contributed by atoms with Gasteiger partial charge >= 0.3 is 0 Å². The Balaban J connectivity index is 2.62. The van der Waals surface area contributed by atoms with Crippen molar-refractivity contribution in [2.75, 3.05) is 0 Å². The molecule has 2 aromatic carbocycles. The second-order valence-electron chi connectivity index (χ2n) is 5.20. The topological polar surface area (TPSA) is 0 Å². The average Bonchev–Trinajstić information content (AvgIpc) is 2.36. The van der Waals surface area contributed by atoms with Gasteiger partial charge in [0.05, 0.1) is 4.83 Å². The van der Waals surface area contributed by atoms with Gasteiger partial charge in [0.25, 0.3) is 0 Å². The minimum absolute atomic E-state index is 0.113. The molecule has 0 saturated carbocycles. The van der Waals surface area contributed by atoms with E-state index < -0.39 is 0 Å². The van der Waals surface area contributed by atoms with Crippen molar-refractivity contribution in [1.29, 1.82) is 0 Å². The lowest BCUT2D eigenvalue weighted by molar-refractivity contribution is 1.08. The fourth-order valence-corrected chi connectivity index (χ4v) is 4.49. The highest BCUT2D eigenvalue weighted by Gasteiger charge is 2.20. The largest absolute Gasteiger partial charge is 0.0839 e. The number of aryl methyl sites for hydroxylation is 2. The maximum atomic E-state index is 6.40. The highest BCUT2D eigenvalue weighted by Crippen LogP contribution is 2.40. The first-order valence-electron chi connectivity index (χ1n) is 6.49. The smallest absolute Gasteiger partial charge is 0.0664 e. The van der Waals surface area contributed by atoms with Gasteiger partial charge in [-0.3, -0.25) is 0 Å². The number of hydrogen-bond donors (Lipinski definition) is 0. The van der Waals surface area contributed by atoms with E-state index in [0.29, 0.717) is 0 Å². The van der Waals surface area contributed by atoms with Crippen LogP contribution in [-0.4, -0.2) is 0 Å². The van der Waals surface area contributed by atoms with Gasteiger partial charge in [0.2, 0.25) is 0 Å². The molecule has 0 nitrogen and oxygen atoms in total. The zero-order valence-corrected chi connectivity index (χ0v) is 15.9. The number of halogens is 3. The number of alkyl halides is 1. The van der Waals surface area contributed by atoms with Crippen LogP contribution < -0.4 is 0 Å². The summed E-state index contributed by atoms with van der Waals surface area (Å²) in [6, 6.07) is 8.29. The first-order chi connectivity index (χ1) is 9.32. The summed E-state index contributed by atoms with van der Waals surface area (Å²) in [7, 11) is 0. The van der Waals surface area contributed by atoms with Crippen molar-refractivity contribution in [2.24, 2.45) is 0 Å². The lowest BCUT2D eigenvalue weighted by Gasteiger charge is -2.21. The first kappa shape index (κ1) is 16.1. The van der Waals surface area contributed by atoms with Gasteiger partial charge < -0.3 is 0 Å². The lowest BCUT2D eigenvalue weighted by atomic mass is 9.90. The van der Waals surface area contributed by atoms with Crippen molar-refractivity contribution in [3.05, 3.63) is 67.1 Å². The summed E-state index contributed by atoms with van der Waals surface area (Å²) in [5, 5.41) is 0.777.